The molecule has 152 valence electrons. The van der Waals surface area contributed by atoms with Crippen molar-refractivity contribution in [2.75, 3.05) is 0 Å². The summed E-state index contributed by atoms with van der Waals surface area (Å²) in [5.74, 6) is 2.45. The maximum atomic E-state index is 7.52. The number of amidine groups is 1. The topological polar surface area (TPSA) is 49.9 Å². The lowest BCUT2D eigenvalue weighted by molar-refractivity contribution is 0.354. The summed E-state index contributed by atoms with van der Waals surface area (Å²) in [5, 5.41) is 7.52. The molecule has 3 N–H and O–H groups in total. The molecule has 0 amide bonds. The second-order valence-electron chi connectivity index (χ2n) is 8.70. The van der Waals surface area contributed by atoms with Crippen molar-refractivity contribution in [1.82, 2.24) is 0 Å². The standard InChI is InChI=1S/C24H47N2/c1-2-3-4-5-6-7-8-9-10-11-12-13-14-15-16-17-22-18-20-23(21-19-22)24(25)26/h22H,2-21H2,1H3,(H3,25,26)/q+1. The Morgan fingerprint density at radius 3 is 1.50 bits per heavy atom. The number of rotatable bonds is 17. The molecule has 1 saturated carbocycles. The molecule has 0 bridgehead atoms. The van der Waals surface area contributed by atoms with Crippen molar-refractivity contribution in [1.29, 1.82) is 5.41 Å². The van der Waals surface area contributed by atoms with Crippen LogP contribution in [0.25, 0.3) is 0 Å². The summed E-state index contributed by atoms with van der Waals surface area (Å²) in [5.41, 5.74) is 5.59. The molecule has 1 aliphatic carbocycles. The predicted molar refractivity (Wildman–Crippen MR) is 117 cm³/mol. The van der Waals surface area contributed by atoms with Gasteiger partial charge in [0.15, 0.2) is 5.92 Å². The summed E-state index contributed by atoms with van der Waals surface area (Å²) in [6.07, 6.45) is 27.8. The van der Waals surface area contributed by atoms with E-state index in [9.17, 15) is 0 Å². The Labute approximate surface area is 164 Å². The lowest BCUT2D eigenvalue weighted by Crippen LogP contribution is -2.25. The average molecular weight is 364 g/mol. The van der Waals surface area contributed by atoms with Crippen molar-refractivity contribution < 1.29 is 0 Å². The Bertz CT molecular complexity index is 318. The fraction of sp³-hybridized carbons (Fsp3) is 0.917. The second kappa shape index (κ2) is 16.5. The summed E-state index contributed by atoms with van der Waals surface area (Å²) >= 11 is 0. The van der Waals surface area contributed by atoms with Crippen molar-refractivity contribution in [2.24, 2.45) is 11.7 Å². The zero-order valence-corrected chi connectivity index (χ0v) is 17.8. The molecule has 0 saturated heterocycles. The Morgan fingerprint density at radius 2 is 1.12 bits per heavy atom. The molecule has 0 aromatic heterocycles. The van der Waals surface area contributed by atoms with Crippen LogP contribution in [-0.2, 0) is 0 Å². The normalized spacial score (nSPS) is 15.5. The van der Waals surface area contributed by atoms with Crippen LogP contribution in [0.5, 0.6) is 0 Å². The van der Waals surface area contributed by atoms with E-state index in [0.29, 0.717) is 5.84 Å². The van der Waals surface area contributed by atoms with Crippen LogP contribution in [0.3, 0.4) is 0 Å². The number of hydrogen-bond donors (Lipinski definition) is 2. The third kappa shape index (κ3) is 12.7. The molecule has 0 aromatic carbocycles. The van der Waals surface area contributed by atoms with E-state index in [4.69, 9.17) is 11.1 Å². The summed E-state index contributed by atoms with van der Waals surface area (Å²) in [6.45, 7) is 2.29. The quantitative estimate of drug-likeness (QED) is 0.117. The van der Waals surface area contributed by atoms with Gasteiger partial charge in [-0.1, -0.05) is 110 Å². The molecule has 0 radical (unpaired) electrons. The number of unbranched alkanes of at least 4 members (excludes halogenated alkanes) is 14. The largest absolute Gasteiger partial charge is 0.348 e. The van der Waals surface area contributed by atoms with Crippen LogP contribution in [0, 0.1) is 17.2 Å². The highest BCUT2D eigenvalue weighted by Gasteiger charge is 2.32. The zero-order chi connectivity index (χ0) is 18.9. The van der Waals surface area contributed by atoms with Gasteiger partial charge in [-0.3, -0.25) is 0 Å². The third-order valence-electron chi connectivity index (χ3n) is 6.31. The van der Waals surface area contributed by atoms with E-state index in [0.717, 1.165) is 18.8 Å². The van der Waals surface area contributed by atoms with Crippen LogP contribution in [0.2, 0.25) is 0 Å². The van der Waals surface area contributed by atoms with Gasteiger partial charge in [0.05, 0.1) is 12.8 Å². The maximum Gasteiger partial charge on any atom is 0.284 e. The molecule has 0 heterocycles. The van der Waals surface area contributed by atoms with Crippen molar-refractivity contribution in [3.8, 4) is 0 Å². The van der Waals surface area contributed by atoms with Crippen LogP contribution in [0.15, 0.2) is 0 Å². The first-order valence-electron chi connectivity index (χ1n) is 11.9. The minimum Gasteiger partial charge on any atom is -0.348 e. The molecule has 0 aliphatic heterocycles. The van der Waals surface area contributed by atoms with Crippen LogP contribution >= 0.6 is 0 Å². The molecule has 1 fully saturated rings. The first kappa shape index (κ1) is 23.4. The van der Waals surface area contributed by atoms with E-state index in [-0.39, 0.29) is 0 Å². The Morgan fingerprint density at radius 1 is 0.731 bits per heavy atom. The maximum absolute atomic E-state index is 7.52. The van der Waals surface area contributed by atoms with Gasteiger partial charge in [-0.2, -0.15) is 0 Å². The van der Waals surface area contributed by atoms with Crippen molar-refractivity contribution in [2.45, 2.75) is 135 Å². The van der Waals surface area contributed by atoms with Crippen molar-refractivity contribution in [3.05, 3.63) is 5.92 Å². The summed E-state index contributed by atoms with van der Waals surface area (Å²) < 4.78 is 0. The lowest BCUT2D eigenvalue weighted by Gasteiger charge is -2.20. The molecule has 2 heteroatoms. The van der Waals surface area contributed by atoms with E-state index in [1.807, 2.05) is 0 Å². The molecular weight excluding hydrogens is 316 g/mol. The molecule has 1 rings (SSSR count). The van der Waals surface area contributed by atoms with E-state index >= 15 is 0 Å². The van der Waals surface area contributed by atoms with Gasteiger partial charge < -0.3 is 5.73 Å². The number of nitrogens with two attached hydrogens (primary N) is 1. The van der Waals surface area contributed by atoms with Crippen molar-refractivity contribution in [3.63, 3.8) is 0 Å². The highest BCUT2D eigenvalue weighted by Crippen LogP contribution is 2.33. The van der Waals surface area contributed by atoms with Crippen LogP contribution in [-0.4, -0.2) is 5.84 Å². The summed E-state index contributed by atoms with van der Waals surface area (Å²) in [4.78, 5) is 0. The average Bonchev–Trinajstić information content (AvgIpc) is 2.65. The third-order valence-corrected chi connectivity index (χ3v) is 6.31. The highest BCUT2D eigenvalue weighted by molar-refractivity contribution is 5.90. The van der Waals surface area contributed by atoms with E-state index in [2.05, 4.69) is 6.92 Å². The summed E-state index contributed by atoms with van der Waals surface area (Å²) in [7, 11) is 0. The monoisotopic (exact) mass is 363 g/mol. The minimum absolute atomic E-state index is 0.343. The van der Waals surface area contributed by atoms with E-state index in [1.54, 1.807) is 0 Å². The SMILES string of the molecule is CCCCCCCCCCCCCCCCCC1CC[C+](C(=N)N)CC1. The first-order chi connectivity index (χ1) is 12.7. The fourth-order valence-electron chi connectivity index (χ4n) is 4.39. The molecular formula is C24H47N2+. The second-order valence-corrected chi connectivity index (χ2v) is 8.70. The van der Waals surface area contributed by atoms with Crippen LogP contribution in [0.4, 0.5) is 0 Å². The van der Waals surface area contributed by atoms with Gasteiger partial charge in [0.25, 0.3) is 5.84 Å². The predicted octanol–water partition coefficient (Wildman–Crippen LogP) is 7.95. The molecule has 2 nitrogen and oxygen atoms in total. The van der Waals surface area contributed by atoms with Gasteiger partial charge in [0, 0.05) is 0 Å². The smallest absolute Gasteiger partial charge is 0.284 e. The molecule has 0 spiro atoms. The van der Waals surface area contributed by atoms with Crippen LogP contribution < -0.4 is 5.73 Å². The number of nitrogens with one attached hydrogen (secondary N) is 1. The van der Waals surface area contributed by atoms with E-state index in [1.165, 1.54) is 121 Å². The Hall–Kier alpha value is -0.660. The van der Waals surface area contributed by atoms with Gasteiger partial charge in [0.2, 0.25) is 0 Å². The van der Waals surface area contributed by atoms with Gasteiger partial charge in [-0.15, -0.1) is 0 Å². The highest BCUT2D eigenvalue weighted by atomic mass is 14.7. The minimum atomic E-state index is 0.343. The van der Waals surface area contributed by atoms with Gasteiger partial charge in [0.1, 0.15) is 0 Å². The first-order valence-corrected chi connectivity index (χ1v) is 11.9. The fourth-order valence-corrected chi connectivity index (χ4v) is 4.39. The number of hydrogen-bond acceptors (Lipinski definition) is 1. The van der Waals surface area contributed by atoms with Gasteiger partial charge in [-0.25, -0.2) is 5.41 Å². The van der Waals surface area contributed by atoms with E-state index < -0.39 is 0 Å². The molecule has 1 aliphatic rings. The summed E-state index contributed by atoms with van der Waals surface area (Å²) in [6, 6.07) is 0. The molecule has 0 atom stereocenters. The molecule has 26 heavy (non-hydrogen) atoms. The van der Waals surface area contributed by atoms with Crippen LogP contribution in [0.1, 0.15) is 135 Å². The Kier molecular flexibility index (Phi) is 14.8. The zero-order valence-electron chi connectivity index (χ0n) is 17.8. The Balaban J connectivity index is 1.74. The van der Waals surface area contributed by atoms with Gasteiger partial charge in [-0.05, 0) is 18.8 Å². The molecule has 0 aromatic rings. The van der Waals surface area contributed by atoms with Gasteiger partial charge >= 0.3 is 0 Å². The van der Waals surface area contributed by atoms with Crippen molar-refractivity contribution >= 4 is 5.84 Å². The lowest BCUT2D eigenvalue weighted by atomic mass is 9.79. The molecule has 0 unspecified atom stereocenters.